The van der Waals surface area contributed by atoms with Crippen LogP contribution >= 0.6 is 0 Å². The molecule has 0 atom stereocenters. The monoisotopic (exact) mass is 261 g/mol. The Morgan fingerprint density at radius 2 is 1.55 bits per heavy atom. The zero-order valence-electron chi connectivity index (χ0n) is 10.9. The fourth-order valence-corrected chi connectivity index (χ4v) is 2.50. The number of fused-ring (bicyclic) bond motifs is 2. The van der Waals surface area contributed by atoms with Gasteiger partial charge in [-0.25, -0.2) is 0 Å². The summed E-state index contributed by atoms with van der Waals surface area (Å²) in [6.45, 7) is 1.16. The van der Waals surface area contributed by atoms with E-state index in [4.69, 9.17) is 9.47 Å². The maximum absolute atomic E-state index is 5.81. The first-order valence-electron chi connectivity index (χ1n) is 6.67. The van der Waals surface area contributed by atoms with E-state index in [1.807, 2.05) is 36.4 Å². The van der Waals surface area contributed by atoms with Crippen LogP contribution < -0.4 is 0 Å². The van der Waals surface area contributed by atoms with Crippen LogP contribution in [0.25, 0.3) is 12.2 Å². The quantitative estimate of drug-likeness (QED) is 0.774. The molecular weight excluding hydrogens is 248 g/mol. The minimum Gasteiger partial charge on any atom is -0.485 e. The number of rotatable bonds is 1. The van der Waals surface area contributed by atoms with E-state index in [0.29, 0.717) is 13.2 Å². The van der Waals surface area contributed by atoms with Crippen molar-refractivity contribution in [3.63, 3.8) is 0 Å². The minimum absolute atomic E-state index is 0.570. The summed E-state index contributed by atoms with van der Waals surface area (Å²) < 4.78 is 11.6. The van der Waals surface area contributed by atoms with Crippen molar-refractivity contribution in [1.29, 1.82) is 0 Å². The zero-order chi connectivity index (χ0) is 13.4. The van der Waals surface area contributed by atoms with Crippen molar-refractivity contribution in [3.05, 3.63) is 82.3 Å². The number of benzene rings is 2. The molecule has 0 bridgehead atoms. The normalized spacial score (nSPS) is 16.0. The number of hydrogen-bond donors (Lipinski definition) is 0. The maximum Gasteiger partial charge on any atom is 0.162 e. The molecule has 0 unspecified atom stereocenters. The summed E-state index contributed by atoms with van der Waals surface area (Å²) in [6.07, 6.45) is 4.04. The molecule has 4 rings (SSSR count). The third-order valence-corrected chi connectivity index (χ3v) is 3.60. The molecule has 0 amide bonds. The lowest BCUT2D eigenvalue weighted by atomic mass is 10.0. The lowest BCUT2D eigenvalue weighted by Crippen LogP contribution is -2.09. The summed E-state index contributed by atoms with van der Waals surface area (Å²) >= 11 is 0. The van der Waals surface area contributed by atoms with Crippen LogP contribution in [-0.4, -0.2) is 0 Å². The molecule has 2 aliphatic heterocycles. The average molecular weight is 261 g/mol. The molecule has 2 nitrogen and oxygen atoms in total. The first kappa shape index (κ1) is 11.4. The van der Waals surface area contributed by atoms with Crippen molar-refractivity contribution in [3.8, 4) is 0 Å². The largest absolute Gasteiger partial charge is 0.485 e. The van der Waals surface area contributed by atoms with Crippen LogP contribution in [0.3, 0.4) is 0 Å². The van der Waals surface area contributed by atoms with E-state index < -0.39 is 0 Å². The van der Waals surface area contributed by atoms with E-state index in [0.717, 1.165) is 22.6 Å². The van der Waals surface area contributed by atoms with E-state index in [9.17, 15) is 0 Å². The minimum atomic E-state index is 0.570. The lowest BCUT2D eigenvalue weighted by Gasteiger charge is -2.23. The highest BCUT2D eigenvalue weighted by atomic mass is 16.5. The Hall–Kier alpha value is -2.48. The van der Waals surface area contributed by atoms with E-state index in [1.54, 1.807) is 0 Å². The Morgan fingerprint density at radius 1 is 0.800 bits per heavy atom. The van der Waals surface area contributed by atoms with E-state index >= 15 is 0 Å². The highest BCUT2D eigenvalue weighted by Gasteiger charge is 2.19. The molecule has 0 aromatic heterocycles. The van der Waals surface area contributed by atoms with Gasteiger partial charge in [0.1, 0.15) is 13.2 Å². The Morgan fingerprint density at radius 3 is 2.50 bits per heavy atom. The van der Waals surface area contributed by atoms with Gasteiger partial charge in [-0.2, -0.15) is 0 Å². The van der Waals surface area contributed by atoms with Gasteiger partial charge in [0.15, 0.2) is 11.5 Å². The van der Waals surface area contributed by atoms with Gasteiger partial charge >= 0.3 is 0 Å². The molecule has 2 aliphatic rings. The van der Waals surface area contributed by atoms with Crippen LogP contribution in [-0.2, 0) is 22.7 Å². The van der Waals surface area contributed by atoms with Crippen LogP contribution in [0.15, 0.2) is 54.0 Å². The first-order valence-corrected chi connectivity index (χ1v) is 6.67. The van der Waals surface area contributed by atoms with Gasteiger partial charge in [-0.15, -0.1) is 0 Å². The molecule has 20 heavy (non-hydrogen) atoms. The Bertz CT molecular complexity index is 662. The van der Waals surface area contributed by atoms with Crippen molar-refractivity contribution in [2.24, 2.45) is 0 Å². The molecule has 97 valence electrons. The Kier molecular flexibility index (Phi) is 2.59. The SMILES string of the molecule is [c]1cccc2c1C=C(C1=Cc3ccccc3CO1)OC2. The molecule has 2 heteroatoms. The second-order valence-electron chi connectivity index (χ2n) is 4.90. The predicted molar refractivity (Wildman–Crippen MR) is 77.3 cm³/mol. The zero-order valence-corrected chi connectivity index (χ0v) is 10.9. The smallest absolute Gasteiger partial charge is 0.162 e. The summed E-state index contributed by atoms with van der Waals surface area (Å²) in [5.74, 6) is 1.58. The average Bonchev–Trinajstić information content (AvgIpc) is 2.54. The Labute approximate surface area is 118 Å². The molecule has 0 saturated carbocycles. The lowest BCUT2D eigenvalue weighted by molar-refractivity contribution is 0.136. The predicted octanol–water partition coefficient (Wildman–Crippen LogP) is 3.93. The topological polar surface area (TPSA) is 18.5 Å². The van der Waals surface area contributed by atoms with Crippen LogP contribution in [0.1, 0.15) is 22.3 Å². The number of ether oxygens (including phenoxy) is 2. The van der Waals surface area contributed by atoms with E-state index in [2.05, 4.69) is 24.3 Å². The molecule has 0 fully saturated rings. The summed E-state index contributed by atoms with van der Waals surface area (Å²) in [6, 6.07) is 17.5. The molecule has 0 aliphatic carbocycles. The fraction of sp³-hybridized carbons (Fsp3) is 0.111. The molecule has 2 aromatic carbocycles. The van der Waals surface area contributed by atoms with Crippen molar-refractivity contribution in [2.75, 3.05) is 0 Å². The summed E-state index contributed by atoms with van der Waals surface area (Å²) in [5.41, 5.74) is 4.64. The van der Waals surface area contributed by atoms with Gasteiger partial charge in [0.25, 0.3) is 0 Å². The highest BCUT2D eigenvalue weighted by molar-refractivity contribution is 5.67. The van der Waals surface area contributed by atoms with Gasteiger partial charge in [-0.3, -0.25) is 0 Å². The second-order valence-corrected chi connectivity index (χ2v) is 4.90. The summed E-state index contributed by atoms with van der Waals surface area (Å²) in [5, 5.41) is 0. The molecule has 0 saturated heterocycles. The highest BCUT2D eigenvalue weighted by Crippen LogP contribution is 2.31. The first-order chi connectivity index (χ1) is 9.90. The van der Waals surface area contributed by atoms with Crippen LogP contribution in [0.4, 0.5) is 0 Å². The van der Waals surface area contributed by atoms with E-state index in [-0.39, 0.29) is 0 Å². The second kappa shape index (κ2) is 4.57. The van der Waals surface area contributed by atoms with Crippen molar-refractivity contribution < 1.29 is 9.47 Å². The summed E-state index contributed by atoms with van der Waals surface area (Å²) in [7, 11) is 0. The van der Waals surface area contributed by atoms with Gasteiger partial charge in [0.2, 0.25) is 0 Å². The third kappa shape index (κ3) is 1.90. The van der Waals surface area contributed by atoms with Crippen LogP contribution in [0.2, 0.25) is 0 Å². The van der Waals surface area contributed by atoms with E-state index in [1.165, 1.54) is 11.1 Å². The van der Waals surface area contributed by atoms with Gasteiger partial charge in [0.05, 0.1) is 0 Å². The fourth-order valence-electron chi connectivity index (χ4n) is 2.50. The van der Waals surface area contributed by atoms with Crippen molar-refractivity contribution in [2.45, 2.75) is 13.2 Å². The molecule has 2 heterocycles. The summed E-state index contributed by atoms with van der Waals surface area (Å²) in [4.78, 5) is 0. The van der Waals surface area contributed by atoms with Crippen LogP contribution in [0.5, 0.6) is 0 Å². The van der Waals surface area contributed by atoms with Gasteiger partial charge in [-0.1, -0.05) is 42.5 Å². The third-order valence-electron chi connectivity index (χ3n) is 3.60. The standard InChI is InChI=1S/C18H13O2/c1-3-7-15-11-19-17(9-13(15)5-1)18-10-14-6-2-4-8-16(14)12-20-18/h1-5,7-10H,11-12H2. The maximum atomic E-state index is 5.81. The van der Waals surface area contributed by atoms with Gasteiger partial charge < -0.3 is 9.47 Å². The van der Waals surface area contributed by atoms with Gasteiger partial charge in [0, 0.05) is 0 Å². The van der Waals surface area contributed by atoms with Crippen molar-refractivity contribution >= 4 is 12.2 Å². The van der Waals surface area contributed by atoms with Crippen LogP contribution in [0, 0.1) is 6.07 Å². The molecule has 0 spiro atoms. The molecular formula is C18H13O2. The molecule has 2 aromatic rings. The molecule has 0 N–H and O–H groups in total. The number of hydrogen-bond acceptors (Lipinski definition) is 2. The van der Waals surface area contributed by atoms with Gasteiger partial charge in [-0.05, 0) is 40.5 Å². The molecule has 1 radical (unpaired) electrons. The van der Waals surface area contributed by atoms with Crippen molar-refractivity contribution in [1.82, 2.24) is 0 Å². The Balaban J connectivity index is 1.74.